The van der Waals surface area contributed by atoms with Crippen molar-refractivity contribution in [2.24, 2.45) is 0 Å². The zero-order valence-corrected chi connectivity index (χ0v) is 12.9. The number of piperidine rings is 1. The van der Waals surface area contributed by atoms with Crippen LogP contribution in [0.2, 0.25) is 0 Å². The molecule has 1 N–H and O–H groups in total. The average Bonchev–Trinajstić information content (AvgIpc) is 2.34. The van der Waals surface area contributed by atoms with Gasteiger partial charge in [-0.2, -0.15) is 0 Å². The lowest BCUT2D eigenvalue weighted by Crippen LogP contribution is -2.43. The van der Waals surface area contributed by atoms with Crippen molar-refractivity contribution in [3.05, 3.63) is 34.1 Å². The number of nitrogens with one attached hydrogen (secondary N) is 1. The molecule has 18 heavy (non-hydrogen) atoms. The third-order valence-electron chi connectivity index (χ3n) is 3.30. The molecule has 2 nitrogen and oxygen atoms in total. The van der Waals surface area contributed by atoms with Crippen LogP contribution in [0.3, 0.4) is 0 Å². The molecule has 0 spiro atoms. The number of benzene rings is 1. The summed E-state index contributed by atoms with van der Waals surface area (Å²) in [4.78, 5) is 2.42. The summed E-state index contributed by atoms with van der Waals surface area (Å²) in [6.45, 7) is 3.11. The third-order valence-corrected chi connectivity index (χ3v) is 3.91. The molecule has 0 amide bonds. The summed E-state index contributed by atoms with van der Waals surface area (Å²) in [5.41, 5.74) is 1.16. The van der Waals surface area contributed by atoms with Gasteiger partial charge in [0.05, 0.1) is 4.47 Å². The van der Waals surface area contributed by atoms with E-state index in [0.29, 0.717) is 10.5 Å². The van der Waals surface area contributed by atoms with Gasteiger partial charge in [-0.1, -0.05) is 6.07 Å². The van der Waals surface area contributed by atoms with Crippen molar-refractivity contribution < 1.29 is 4.39 Å². The molecule has 1 heterocycles. The van der Waals surface area contributed by atoms with E-state index in [-0.39, 0.29) is 18.2 Å². The Morgan fingerprint density at radius 3 is 2.94 bits per heavy atom. The lowest BCUT2D eigenvalue weighted by molar-refractivity contribution is 0.188. The van der Waals surface area contributed by atoms with Gasteiger partial charge < -0.3 is 5.32 Å². The van der Waals surface area contributed by atoms with Crippen LogP contribution in [0.4, 0.5) is 4.39 Å². The van der Waals surface area contributed by atoms with Crippen molar-refractivity contribution in [3.63, 3.8) is 0 Å². The van der Waals surface area contributed by atoms with Gasteiger partial charge in [0, 0.05) is 19.1 Å². The summed E-state index contributed by atoms with van der Waals surface area (Å²) >= 11 is 3.23. The first-order valence-electron chi connectivity index (χ1n) is 6.02. The minimum atomic E-state index is -0.194. The Kier molecular flexibility index (Phi) is 6.57. The molecule has 0 aliphatic carbocycles. The standard InChI is InChI=1S/C13H18BrFN2.ClH/c1-16-11-3-2-6-17(9-11)8-10-4-5-13(15)12(14)7-10;/h4-5,7,11,16H,2-3,6,8-9H2,1H3;1H. The fourth-order valence-electron chi connectivity index (χ4n) is 2.33. The maximum Gasteiger partial charge on any atom is 0.137 e. The summed E-state index contributed by atoms with van der Waals surface area (Å²) in [6, 6.07) is 5.85. The van der Waals surface area contributed by atoms with Gasteiger partial charge in [0.25, 0.3) is 0 Å². The number of hydrogen-bond acceptors (Lipinski definition) is 2. The normalized spacial score (nSPS) is 20.5. The highest BCUT2D eigenvalue weighted by Gasteiger charge is 2.18. The summed E-state index contributed by atoms with van der Waals surface area (Å²) in [6.07, 6.45) is 2.48. The minimum Gasteiger partial charge on any atom is -0.316 e. The molecular weight excluding hydrogens is 319 g/mol. The van der Waals surface area contributed by atoms with Crippen molar-refractivity contribution in [2.45, 2.75) is 25.4 Å². The van der Waals surface area contributed by atoms with E-state index in [1.165, 1.54) is 18.9 Å². The lowest BCUT2D eigenvalue weighted by Gasteiger charge is -2.32. The van der Waals surface area contributed by atoms with Crippen molar-refractivity contribution in [2.75, 3.05) is 20.1 Å². The Balaban J connectivity index is 0.00000162. The number of likely N-dealkylation sites (N-methyl/N-ethyl adjacent to an activating group) is 1. The van der Waals surface area contributed by atoms with Gasteiger partial charge in [0.15, 0.2) is 0 Å². The fraction of sp³-hybridized carbons (Fsp3) is 0.538. The Hall–Kier alpha value is -0.160. The van der Waals surface area contributed by atoms with E-state index in [0.717, 1.165) is 25.2 Å². The molecule has 1 aliphatic heterocycles. The number of rotatable bonds is 3. The van der Waals surface area contributed by atoms with E-state index in [4.69, 9.17) is 0 Å². The van der Waals surface area contributed by atoms with Gasteiger partial charge in [-0.25, -0.2) is 4.39 Å². The maximum absolute atomic E-state index is 13.1. The van der Waals surface area contributed by atoms with E-state index in [9.17, 15) is 4.39 Å². The van der Waals surface area contributed by atoms with Crippen molar-refractivity contribution in [3.8, 4) is 0 Å². The van der Waals surface area contributed by atoms with E-state index < -0.39 is 0 Å². The summed E-state index contributed by atoms with van der Waals surface area (Å²) < 4.78 is 13.7. The molecule has 1 aliphatic rings. The number of nitrogens with zero attached hydrogens (tertiary/aromatic N) is 1. The first-order chi connectivity index (χ1) is 8.19. The third kappa shape index (κ3) is 4.19. The molecule has 0 saturated carbocycles. The maximum atomic E-state index is 13.1. The van der Waals surface area contributed by atoms with Crippen LogP contribution >= 0.6 is 28.3 Å². The quantitative estimate of drug-likeness (QED) is 0.911. The molecule has 1 atom stereocenters. The molecule has 1 aromatic carbocycles. The van der Waals surface area contributed by atoms with Crippen LogP contribution in [0, 0.1) is 5.82 Å². The van der Waals surface area contributed by atoms with E-state index in [1.54, 1.807) is 0 Å². The van der Waals surface area contributed by atoms with Gasteiger partial charge in [-0.05, 0) is 60.1 Å². The van der Waals surface area contributed by atoms with E-state index >= 15 is 0 Å². The van der Waals surface area contributed by atoms with Gasteiger partial charge in [0.2, 0.25) is 0 Å². The molecule has 0 radical (unpaired) electrons. The van der Waals surface area contributed by atoms with Crippen LogP contribution in [0.1, 0.15) is 18.4 Å². The molecule has 0 bridgehead atoms. The van der Waals surface area contributed by atoms with Gasteiger partial charge in [-0.3, -0.25) is 4.90 Å². The highest BCUT2D eigenvalue weighted by molar-refractivity contribution is 9.10. The molecule has 1 fully saturated rings. The second kappa shape index (κ2) is 7.43. The largest absolute Gasteiger partial charge is 0.316 e. The predicted octanol–water partition coefficient (Wildman–Crippen LogP) is 3.19. The van der Waals surface area contributed by atoms with Crippen LogP contribution in [0.15, 0.2) is 22.7 Å². The first-order valence-corrected chi connectivity index (χ1v) is 6.82. The zero-order valence-electron chi connectivity index (χ0n) is 10.5. The number of halogens is 3. The van der Waals surface area contributed by atoms with E-state index in [2.05, 4.69) is 26.1 Å². The Morgan fingerprint density at radius 2 is 2.28 bits per heavy atom. The van der Waals surface area contributed by atoms with Gasteiger partial charge in [-0.15, -0.1) is 12.4 Å². The van der Waals surface area contributed by atoms with Crippen LogP contribution in [0.25, 0.3) is 0 Å². The molecule has 1 aromatic rings. The Bertz CT molecular complexity index is 389. The lowest BCUT2D eigenvalue weighted by atomic mass is 10.1. The smallest absolute Gasteiger partial charge is 0.137 e. The highest BCUT2D eigenvalue weighted by atomic mass is 79.9. The van der Waals surface area contributed by atoms with Crippen LogP contribution in [-0.2, 0) is 6.54 Å². The van der Waals surface area contributed by atoms with Crippen molar-refractivity contribution in [1.82, 2.24) is 10.2 Å². The topological polar surface area (TPSA) is 15.3 Å². The molecule has 1 saturated heterocycles. The molecule has 1 unspecified atom stereocenters. The molecule has 2 rings (SSSR count). The SMILES string of the molecule is CNC1CCCN(Cc2ccc(F)c(Br)c2)C1.Cl. The number of hydrogen-bond donors (Lipinski definition) is 1. The summed E-state index contributed by atoms with van der Waals surface area (Å²) in [5, 5.41) is 3.33. The molecule has 0 aromatic heterocycles. The highest BCUT2D eigenvalue weighted by Crippen LogP contribution is 2.19. The fourth-order valence-corrected chi connectivity index (χ4v) is 2.76. The van der Waals surface area contributed by atoms with Crippen molar-refractivity contribution >= 4 is 28.3 Å². The monoisotopic (exact) mass is 336 g/mol. The summed E-state index contributed by atoms with van der Waals surface area (Å²) in [7, 11) is 2.02. The van der Waals surface area contributed by atoms with Crippen LogP contribution in [-0.4, -0.2) is 31.1 Å². The molecular formula is C13H19BrClFN2. The first kappa shape index (κ1) is 15.9. The van der Waals surface area contributed by atoms with Gasteiger partial charge >= 0.3 is 0 Å². The van der Waals surface area contributed by atoms with Gasteiger partial charge in [0.1, 0.15) is 5.82 Å². The van der Waals surface area contributed by atoms with Crippen LogP contribution in [0.5, 0.6) is 0 Å². The Morgan fingerprint density at radius 1 is 1.50 bits per heavy atom. The minimum absolute atomic E-state index is 0. The van der Waals surface area contributed by atoms with Crippen molar-refractivity contribution in [1.29, 1.82) is 0 Å². The number of likely N-dealkylation sites (tertiary alicyclic amines) is 1. The van der Waals surface area contributed by atoms with Crippen LogP contribution < -0.4 is 5.32 Å². The summed E-state index contributed by atoms with van der Waals surface area (Å²) in [5.74, 6) is -0.194. The second-order valence-electron chi connectivity index (χ2n) is 4.61. The second-order valence-corrected chi connectivity index (χ2v) is 5.47. The van der Waals surface area contributed by atoms with E-state index in [1.807, 2.05) is 19.2 Å². The average molecular weight is 338 g/mol. The molecule has 5 heteroatoms. The Labute approximate surface area is 122 Å². The zero-order chi connectivity index (χ0) is 12.3. The predicted molar refractivity (Wildman–Crippen MR) is 78.7 cm³/mol. The molecule has 102 valence electrons.